The molecule has 0 aromatic carbocycles. The summed E-state index contributed by atoms with van der Waals surface area (Å²) in [6.45, 7) is 9.65. The molecular formula is C9H20O2. The second-order valence-corrected chi connectivity index (χ2v) is 2.10. The van der Waals surface area contributed by atoms with Crippen LogP contribution >= 0.6 is 0 Å². The first-order chi connectivity index (χ1) is 5.33. The lowest BCUT2D eigenvalue weighted by atomic mass is 10.4. The number of ether oxygens (including phenoxy) is 1. The lowest BCUT2D eigenvalue weighted by molar-refractivity contribution is 0.287. The Hall–Kier alpha value is -0.340. The Morgan fingerprint density at radius 2 is 1.91 bits per heavy atom. The van der Waals surface area contributed by atoms with E-state index in [2.05, 4.69) is 18.2 Å². The van der Waals surface area contributed by atoms with Gasteiger partial charge in [-0.05, 0) is 13.3 Å². The monoisotopic (exact) mass is 160 g/mol. The molecule has 0 spiro atoms. The molecule has 0 aliphatic carbocycles. The van der Waals surface area contributed by atoms with E-state index in [4.69, 9.17) is 5.11 Å². The summed E-state index contributed by atoms with van der Waals surface area (Å²) in [5.74, 6) is 0. The van der Waals surface area contributed by atoms with Crippen LogP contribution in [0, 0.1) is 0 Å². The van der Waals surface area contributed by atoms with Crippen molar-refractivity contribution in [2.75, 3.05) is 19.8 Å². The van der Waals surface area contributed by atoms with Gasteiger partial charge in [-0.1, -0.05) is 19.4 Å². The normalized spacial score (nSPS) is 11.5. The molecule has 2 heteroatoms. The standard InChI is InChI=1S/C4H10O.C3H6.C2H4O/c1-2-3-4-5;1-3-2;1-2-3-1/h5H,2-4H2,1H3;3H,1H2,2H3;1-2H2. The Labute approximate surface area is 69.9 Å². The number of unbranched alkanes of at least 4 members (excludes halogenated alkanes) is 1. The minimum absolute atomic E-state index is 0.344. The topological polar surface area (TPSA) is 32.8 Å². The van der Waals surface area contributed by atoms with Crippen molar-refractivity contribution in [3.8, 4) is 0 Å². The van der Waals surface area contributed by atoms with Gasteiger partial charge in [0.25, 0.3) is 0 Å². The van der Waals surface area contributed by atoms with Gasteiger partial charge in [0.2, 0.25) is 0 Å². The van der Waals surface area contributed by atoms with Crippen molar-refractivity contribution in [3.05, 3.63) is 12.7 Å². The van der Waals surface area contributed by atoms with Gasteiger partial charge < -0.3 is 9.84 Å². The maximum Gasteiger partial charge on any atom is 0.0701 e. The molecule has 1 heterocycles. The molecule has 0 aromatic rings. The highest BCUT2D eigenvalue weighted by molar-refractivity contribution is 4.51. The van der Waals surface area contributed by atoms with E-state index >= 15 is 0 Å². The third-order valence-corrected chi connectivity index (χ3v) is 0.716. The van der Waals surface area contributed by atoms with Gasteiger partial charge in [0.05, 0.1) is 13.2 Å². The van der Waals surface area contributed by atoms with Gasteiger partial charge in [-0.2, -0.15) is 0 Å². The summed E-state index contributed by atoms with van der Waals surface area (Å²) >= 11 is 0. The second-order valence-electron chi connectivity index (χ2n) is 2.10. The summed E-state index contributed by atoms with van der Waals surface area (Å²) in [7, 11) is 0. The molecule has 11 heavy (non-hydrogen) atoms. The zero-order valence-corrected chi connectivity index (χ0v) is 7.68. The Balaban J connectivity index is 0. The summed E-state index contributed by atoms with van der Waals surface area (Å²) in [5, 5.41) is 8.07. The van der Waals surface area contributed by atoms with Crippen molar-refractivity contribution in [2.45, 2.75) is 26.7 Å². The molecule has 0 atom stereocenters. The molecule has 68 valence electrons. The maximum absolute atomic E-state index is 8.07. The van der Waals surface area contributed by atoms with Crippen molar-refractivity contribution in [3.63, 3.8) is 0 Å². The molecule has 0 amide bonds. The van der Waals surface area contributed by atoms with E-state index in [1.165, 1.54) is 0 Å². The maximum atomic E-state index is 8.07. The van der Waals surface area contributed by atoms with E-state index in [0.29, 0.717) is 6.61 Å². The summed E-state index contributed by atoms with van der Waals surface area (Å²) in [6, 6.07) is 0. The van der Waals surface area contributed by atoms with Crippen LogP contribution in [0.2, 0.25) is 0 Å². The number of aliphatic hydroxyl groups excluding tert-OH is 1. The van der Waals surface area contributed by atoms with Crippen LogP contribution in [0.15, 0.2) is 12.7 Å². The third-order valence-electron chi connectivity index (χ3n) is 0.716. The molecule has 1 aliphatic heterocycles. The lowest BCUT2D eigenvalue weighted by Crippen LogP contribution is -1.75. The first-order valence-corrected chi connectivity index (χ1v) is 4.09. The van der Waals surface area contributed by atoms with Crippen molar-refractivity contribution in [1.82, 2.24) is 0 Å². The fraction of sp³-hybridized carbons (Fsp3) is 0.778. The van der Waals surface area contributed by atoms with E-state index in [-0.39, 0.29) is 0 Å². The summed E-state index contributed by atoms with van der Waals surface area (Å²) in [4.78, 5) is 0. The van der Waals surface area contributed by atoms with E-state index in [0.717, 1.165) is 26.1 Å². The zero-order chi connectivity index (χ0) is 8.95. The Kier molecular flexibility index (Phi) is 19.7. The van der Waals surface area contributed by atoms with E-state index in [1.54, 1.807) is 6.08 Å². The quantitative estimate of drug-likeness (QED) is 0.495. The second kappa shape index (κ2) is 16.3. The Morgan fingerprint density at radius 1 is 1.55 bits per heavy atom. The molecule has 0 unspecified atom stereocenters. The predicted octanol–water partition coefficient (Wildman–Crippen LogP) is 1.99. The average Bonchev–Trinajstić information content (AvgIpc) is 2.75. The molecule has 0 radical (unpaired) electrons. The van der Waals surface area contributed by atoms with Crippen molar-refractivity contribution < 1.29 is 9.84 Å². The largest absolute Gasteiger partial charge is 0.396 e. The molecule has 1 rings (SSSR count). The molecule has 0 aromatic heterocycles. The van der Waals surface area contributed by atoms with Crippen LogP contribution in [0.25, 0.3) is 0 Å². The Morgan fingerprint density at radius 3 is 1.91 bits per heavy atom. The number of hydrogen-bond donors (Lipinski definition) is 1. The molecule has 1 saturated heterocycles. The van der Waals surface area contributed by atoms with Crippen LogP contribution in [0.1, 0.15) is 26.7 Å². The highest BCUT2D eigenvalue weighted by atomic mass is 16.6. The number of epoxide rings is 1. The number of aliphatic hydroxyl groups is 1. The van der Waals surface area contributed by atoms with Gasteiger partial charge in [0, 0.05) is 6.61 Å². The van der Waals surface area contributed by atoms with Gasteiger partial charge in [0.15, 0.2) is 0 Å². The summed E-state index contributed by atoms with van der Waals surface area (Å²) in [6.07, 6.45) is 3.79. The van der Waals surface area contributed by atoms with E-state index in [1.807, 2.05) is 6.92 Å². The van der Waals surface area contributed by atoms with Gasteiger partial charge in [-0.15, -0.1) is 6.58 Å². The van der Waals surface area contributed by atoms with Crippen molar-refractivity contribution >= 4 is 0 Å². The number of allylic oxidation sites excluding steroid dienone is 1. The van der Waals surface area contributed by atoms with E-state index < -0.39 is 0 Å². The highest BCUT2D eigenvalue weighted by Crippen LogP contribution is 1.84. The number of rotatable bonds is 2. The molecule has 0 saturated carbocycles. The molecule has 1 fully saturated rings. The minimum atomic E-state index is 0.344. The van der Waals surface area contributed by atoms with Crippen LogP contribution < -0.4 is 0 Å². The zero-order valence-electron chi connectivity index (χ0n) is 7.68. The lowest BCUT2D eigenvalue weighted by Gasteiger charge is -1.79. The predicted molar refractivity (Wildman–Crippen MR) is 48.7 cm³/mol. The van der Waals surface area contributed by atoms with Crippen LogP contribution in [-0.2, 0) is 4.74 Å². The first kappa shape index (κ1) is 13.3. The smallest absolute Gasteiger partial charge is 0.0701 e. The van der Waals surface area contributed by atoms with Crippen LogP contribution in [-0.4, -0.2) is 24.9 Å². The van der Waals surface area contributed by atoms with Crippen LogP contribution in [0.5, 0.6) is 0 Å². The van der Waals surface area contributed by atoms with Gasteiger partial charge >= 0.3 is 0 Å². The first-order valence-electron chi connectivity index (χ1n) is 4.09. The number of hydrogen-bond acceptors (Lipinski definition) is 2. The molecule has 2 nitrogen and oxygen atoms in total. The summed E-state index contributed by atoms with van der Waals surface area (Å²) < 4.78 is 4.50. The van der Waals surface area contributed by atoms with Crippen molar-refractivity contribution in [2.24, 2.45) is 0 Å². The molecule has 1 N–H and O–H groups in total. The van der Waals surface area contributed by atoms with Crippen LogP contribution in [0.3, 0.4) is 0 Å². The van der Waals surface area contributed by atoms with Crippen LogP contribution in [0.4, 0.5) is 0 Å². The molecular weight excluding hydrogens is 140 g/mol. The fourth-order valence-electron chi connectivity index (χ4n) is 0.158. The fourth-order valence-corrected chi connectivity index (χ4v) is 0.158. The van der Waals surface area contributed by atoms with Gasteiger partial charge in [0.1, 0.15) is 0 Å². The molecule has 0 bridgehead atoms. The summed E-state index contributed by atoms with van der Waals surface area (Å²) in [5.41, 5.74) is 0. The van der Waals surface area contributed by atoms with Gasteiger partial charge in [-0.3, -0.25) is 0 Å². The molecule has 1 aliphatic rings. The minimum Gasteiger partial charge on any atom is -0.396 e. The Bertz CT molecular complexity index is 55.8. The van der Waals surface area contributed by atoms with E-state index in [9.17, 15) is 0 Å². The third kappa shape index (κ3) is 80.1. The van der Waals surface area contributed by atoms with Crippen molar-refractivity contribution in [1.29, 1.82) is 0 Å². The average molecular weight is 160 g/mol. The highest BCUT2D eigenvalue weighted by Gasteiger charge is 1.94. The van der Waals surface area contributed by atoms with Gasteiger partial charge in [-0.25, -0.2) is 0 Å². The SMILES string of the molecule is C1CO1.C=CC.CCCCO.